The molecule has 0 bridgehead atoms. The van der Waals surface area contributed by atoms with E-state index in [0.717, 1.165) is 19.6 Å². The highest BCUT2D eigenvalue weighted by Crippen LogP contribution is 2.20. The molecule has 0 atom stereocenters. The number of nitrogens with zero attached hydrogens (tertiary/aromatic N) is 2. The molecule has 0 aromatic rings. The van der Waals surface area contributed by atoms with E-state index in [0.29, 0.717) is 5.41 Å². The Morgan fingerprint density at radius 2 is 2.00 bits per heavy atom. The number of hydrogen-bond acceptors (Lipinski definition) is 1. The van der Waals surface area contributed by atoms with Gasteiger partial charge in [-0.1, -0.05) is 20.8 Å². The van der Waals surface area contributed by atoms with Crippen LogP contribution in [-0.2, 0) is 0 Å². The summed E-state index contributed by atoms with van der Waals surface area (Å²) < 4.78 is 0. The van der Waals surface area contributed by atoms with E-state index in [1.807, 2.05) is 0 Å². The summed E-state index contributed by atoms with van der Waals surface area (Å²) in [7, 11) is 0. The molecule has 1 heterocycles. The molecule has 62 valence electrons. The fourth-order valence-corrected chi connectivity index (χ4v) is 1.42. The van der Waals surface area contributed by atoms with Crippen molar-refractivity contribution >= 4 is 0 Å². The summed E-state index contributed by atoms with van der Waals surface area (Å²) >= 11 is 0. The molecule has 2 nitrogen and oxygen atoms in total. The van der Waals surface area contributed by atoms with E-state index in [1.165, 1.54) is 0 Å². The van der Waals surface area contributed by atoms with Crippen molar-refractivity contribution in [1.82, 2.24) is 4.90 Å². The minimum absolute atomic E-state index is 0.289. The number of hydrogen-bond donors (Lipinski definition) is 0. The van der Waals surface area contributed by atoms with Crippen molar-refractivity contribution in [3.63, 3.8) is 0 Å². The Kier molecular flexibility index (Phi) is 2.20. The molecule has 0 spiro atoms. The molecule has 0 saturated carbocycles. The van der Waals surface area contributed by atoms with Crippen molar-refractivity contribution < 1.29 is 0 Å². The van der Waals surface area contributed by atoms with Gasteiger partial charge in [0.2, 0.25) is 6.04 Å². The normalized spacial score (nSPS) is 20.9. The van der Waals surface area contributed by atoms with E-state index < -0.39 is 0 Å². The second kappa shape index (κ2) is 2.83. The van der Waals surface area contributed by atoms with Crippen LogP contribution in [0, 0.1) is 12.0 Å². The van der Waals surface area contributed by atoms with Crippen LogP contribution >= 0.6 is 0 Å². The minimum Gasteiger partial charge on any atom is -0.311 e. The maximum absolute atomic E-state index is 6.78. The predicted molar refractivity (Wildman–Crippen MR) is 46.3 cm³/mol. The Morgan fingerprint density at radius 1 is 1.45 bits per heavy atom. The molecule has 0 aromatic carbocycles. The first-order chi connectivity index (χ1) is 5.01. The average molecular weight is 152 g/mol. The molecular formula is C9H16N2. The van der Waals surface area contributed by atoms with Gasteiger partial charge in [-0.2, -0.15) is 0 Å². The Balaban J connectivity index is 2.20. The smallest absolute Gasteiger partial charge is 0.248 e. The lowest BCUT2D eigenvalue weighted by molar-refractivity contribution is 0.117. The van der Waals surface area contributed by atoms with E-state index in [-0.39, 0.29) is 6.04 Å². The van der Waals surface area contributed by atoms with Gasteiger partial charge in [-0.05, 0) is 5.41 Å². The molecule has 0 aromatic heterocycles. The Hall–Kier alpha value is -0.550. The van der Waals surface area contributed by atoms with Gasteiger partial charge in [0.05, 0.1) is 13.1 Å². The van der Waals surface area contributed by atoms with Gasteiger partial charge in [0.1, 0.15) is 0 Å². The molecule has 1 fully saturated rings. The van der Waals surface area contributed by atoms with Crippen molar-refractivity contribution in [3.8, 4) is 0 Å². The van der Waals surface area contributed by atoms with Crippen molar-refractivity contribution in [2.45, 2.75) is 26.8 Å². The Bertz CT molecular complexity index is 167. The van der Waals surface area contributed by atoms with Crippen molar-refractivity contribution in [2.24, 2.45) is 5.41 Å². The maximum Gasteiger partial charge on any atom is 0.248 e. The summed E-state index contributed by atoms with van der Waals surface area (Å²) in [6.45, 7) is 16.6. The third-order valence-electron chi connectivity index (χ3n) is 1.82. The van der Waals surface area contributed by atoms with Gasteiger partial charge in [0.15, 0.2) is 0 Å². The molecule has 1 saturated heterocycles. The fourth-order valence-electron chi connectivity index (χ4n) is 1.42. The lowest BCUT2D eigenvalue weighted by Crippen LogP contribution is -2.51. The first kappa shape index (κ1) is 8.55. The van der Waals surface area contributed by atoms with Crippen LogP contribution in [-0.4, -0.2) is 30.6 Å². The first-order valence-electron chi connectivity index (χ1n) is 4.10. The fraction of sp³-hybridized carbons (Fsp3) is 0.889. The van der Waals surface area contributed by atoms with E-state index in [1.54, 1.807) is 0 Å². The topological polar surface area (TPSA) is 7.60 Å². The molecule has 1 rings (SSSR count). The van der Waals surface area contributed by atoms with Crippen LogP contribution in [0.15, 0.2) is 0 Å². The van der Waals surface area contributed by atoms with Crippen molar-refractivity contribution in [1.29, 1.82) is 0 Å². The molecule has 0 amide bonds. The van der Waals surface area contributed by atoms with E-state index in [9.17, 15) is 0 Å². The lowest BCUT2D eigenvalue weighted by atomic mass is 9.94. The van der Waals surface area contributed by atoms with Gasteiger partial charge in [-0.15, -0.1) is 0 Å². The highest BCUT2D eigenvalue weighted by atomic mass is 15.2. The van der Waals surface area contributed by atoms with Crippen LogP contribution in [0.2, 0.25) is 0 Å². The molecule has 0 N–H and O–H groups in total. The van der Waals surface area contributed by atoms with Crippen LogP contribution in [0.3, 0.4) is 0 Å². The highest BCUT2D eigenvalue weighted by Gasteiger charge is 2.33. The second-order valence-corrected chi connectivity index (χ2v) is 4.54. The summed E-state index contributed by atoms with van der Waals surface area (Å²) in [5.74, 6) is 0. The second-order valence-electron chi connectivity index (χ2n) is 4.54. The quantitative estimate of drug-likeness (QED) is 0.518. The summed E-state index contributed by atoms with van der Waals surface area (Å²) in [6.07, 6.45) is 0. The maximum atomic E-state index is 6.78. The number of rotatable bonds is 1. The molecule has 1 aliphatic heterocycles. The third kappa shape index (κ3) is 2.51. The number of likely N-dealkylation sites (tertiary alicyclic amines) is 1. The van der Waals surface area contributed by atoms with Gasteiger partial charge in [0.25, 0.3) is 0 Å². The van der Waals surface area contributed by atoms with Crippen LogP contribution in [0.5, 0.6) is 0 Å². The van der Waals surface area contributed by atoms with E-state index in [2.05, 4.69) is 30.5 Å². The van der Waals surface area contributed by atoms with Crippen LogP contribution in [0.4, 0.5) is 0 Å². The van der Waals surface area contributed by atoms with Crippen LogP contribution < -0.4 is 0 Å². The average Bonchev–Trinajstić information content (AvgIpc) is 1.75. The third-order valence-corrected chi connectivity index (χ3v) is 1.82. The molecule has 2 heteroatoms. The Morgan fingerprint density at radius 3 is 2.36 bits per heavy atom. The summed E-state index contributed by atoms with van der Waals surface area (Å²) in [5.41, 5.74) is 0.382. The van der Waals surface area contributed by atoms with E-state index in [4.69, 9.17) is 6.57 Å². The summed E-state index contributed by atoms with van der Waals surface area (Å²) in [5, 5.41) is 0. The summed E-state index contributed by atoms with van der Waals surface area (Å²) in [6, 6.07) is 0.289. The van der Waals surface area contributed by atoms with Gasteiger partial charge in [-0.25, -0.2) is 6.57 Å². The van der Waals surface area contributed by atoms with Crippen molar-refractivity contribution in [2.75, 3.05) is 19.6 Å². The SMILES string of the molecule is [C-]#[N+]C1CN(CC(C)(C)C)C1. The summed E-state index contributed by atoms with van der Waals surface area (Å²) in [4.78, 5) is 5.83. The minimum atomic E-state index is 0.289. The van der Waals surface area contributed by atoms with E-state index >= 15 is 0 Å². The zero-order valence-electron chi connectivity index (χ0n) is 7.59. The molecule has 0 aliphatic carbocycles. The largest absolute Gasteiger partial charge is 0.311 e. The highest BCUT2D eigenvalue weighted by molar-refractivity contribution is 4.94. The van der Waals surface area contributed by atoms with Crippen LogP contribution in [0.1, 0.15) is 20.8 Å². The molecular weight excluding hydrogens is 136 g/mol. The zero-order chi connectivity index (χ0) is 8.48. The molecule has 1 aliphatic rings. The van der Waals surface area contributed by atoms with Gasteiger partial charge < -0.3 is 4.85 Å². The standard InChI is InChI=1S/C9H16N2/c1-9(2,3)7-11-5-8(6-11)10-4/h8H,5-7H2,1-3H3. The molecule has 0 unspecified atom stereocenters. The Labute approximate surface area is 69.0 Å². The van der Waals surface area contributed by atoms with Gasteiger partial charge in [0, 0.05) is 6.54 Å². The van der Waals surface area contributed by atoms with Crippen molar-refractivity contribution in [3.05, 3.63) is 11.4 Å². The van der Waals surface area contributed by atoms with Gasteiger partial charge >= 0.3 is 0 Å². The first-order valence-corrected chi connectivity index (χ1v) is 4.10. The zero-order valence-corrected chi connectivity index (χ0v) is 7.59. The lowest BCUT2D eigenvalue weighted by Gasteiger charge is -2.36. The monoisotopic (exact) mass is 152 g/mol. The predicted octanol–water partition coefficient (Wildman–Crippen LogP) is 1.64. The molecule has 11 heavy (non-hydrogen) atoms. The van der Waals surface area contributed by atoms with Gasteiger partial charge in [-0.3, -0.25) is 4.90 Å². The van der Waals surface area contributed by atoms with Crippen LogP contribution in [0.25, 0.3) is 4.85 Å². The molecule has 0 radical (unpaired) electrons.